The Kier molecular flexibility index (Phi) is 7.21. The number of carbonyl (C=O) groups excluding carboxylic acids is 1. The van der Waals surface area contributed by atoms with Gasteiger partial charge in [0.05, 0.1) is 26.3 Å². The minimum absolute atomic E-state index is 0.133. The monoisotopic (exact) mass is 442 g/mol. The molecule has 0 fully saturated rings. The summed E-state index contributed by atoms with van der Waals surface area (Å²) in [5.41, 5.74) is 0.612. The molecule has 3 aromatic rings. The zero-order chi connectivity index (χ0) is 23.1. The van der Waals surface area contributed by atoms with E-state index >= 15 is 0 Å². The second-order valence-electron chi connectivity index (χ2n) is 6.60. The van der Waals surface area contributed by atoms with E-state index in [1.165, 1.54) is 39.5 Å². The van der Waals surface area contributed by atoms with Crippen LogP contribution in [-0.2, 0) is 11.2 Å². The smallest absolute Gasteiger partial charge is 0.292 e. The van der Waals surface area contributed by atoms with Crippen LogP contribution in [0.15, 0.2) is 40.9 Å². The van der Waals surface area contributed by atoms with Crippen molar-refractivity contribution in [3.05, 3.63) is 52.4 Å². The molecule has 0 unspecified atom stereocenters. The van der Waals surface area contributed by atoms with Gasteiger partial charge in [0.1, 0.15) is 5.69 Å². The minimum atomic E-state index is -0.543. The number of aromatic nitrogens is 2. The van der Waals surface area contributed by atoms with Crippen LogP contribution in [0.3, 0.4) is 0 Å². The molecule has 0 saturated carbocycles. The third-order valence-corrected chi connectivity index (χ3v) is 4.56. The fourth-order valence-corrected chi connectivity index (χ4v) is 3.04. The average Bonchev–Trinajstić information content (AvgIpc) is 3.27. The molecule has 0 aliphatic rings. The molecule has 3 rings (SSSR count). The number of ether oxygens (including phenoxy) is 3. The average molecular weight is 442 g/mol. The van der Waals surface area contributed by atoms with Gasteiger partial charge in [0.15, 0.2) is 11.5 Å². The van der Waals surface area contributed by atoms with E-state index in [1.54, 1.807) is 18.2 Å². The van der Waals surface area contributed by atoms with Gasteiger partial charge in [-0.05, 0) is 24.6 Å². The molecule has 1 amide bonds. The zero-order valence-corrected chi connectivity index (χ0v) is 17.8. The van der Waals surface area contributed by atoms with Crippen LogP contribution in [0.5, 0.6) is 17.2 Å². The van der Waals surface area contributed by atoms with Crippen LogP contribution < -0.4 is 19.5 Å². The van der Waals surface area contributed by atoms with E-state index < -0.39 is 4.92 Å². The Morgan fingerprint density at radius 1 is 1.12 bits per heavy atom. The van der Waals surface area contributed by atoms with Crippen molar-refractivity contribution >= 4 is 17.3 Å². The third-order valence-electron chi connectivity index (χ3n) is 4.56. The Labute approximate surface area is 183 Å². The summed E-state index contributed by atoms with van der Waals surface area (Å²) in [6, 6.07) is 9.38. The number of para-hydroxylation sites is 2. The molecule has 11 heteroatoms. The van der Waals surface area contributed by atoms with E-state index in [2.05, 4.69) is 15.5 Å². The lowest BCUT2D eigenvalue weighted by atomic mass is 10.1. The molecule has 0 aliphatic carbocycles. The van der Waals surface area contributed by atoms with Gasteiger partial charge in [0, 0.05) is 24.5 Å². The molecule has 0 spiro atoms. The molecule has 1 N–H and O–H groups in total. The number of amides is 1. The molecule has 0 saturated heterocycles. The van der Waals surface area contributed by atoms with Gasteiger partial charge in [-0.15, -0.1) is 0 Å². The number of rotatable bonds is 10. The second-order valence-corrected chi connectivity index (χ2v) is 6.60. The topological polar surface area (TPSA) is 139 Å². The van der Waals surface area contributed by atoms with Gasteiger partial charge < -0.3 is 24.1 Å². The number of hydrogen-bond acceptors (Lipinski definition) is 9. The molecular weight excluding hydrogens is 420 g/mol. The highest BCUT2D eigenvalue weighted by atomic mass is 16.6. The van der Waals surface area contributed by atoms with Crippen LogP contribution >= 0.6 is 0 Å². The number of methoxy groups -OCH3 is 3. The minimum Gasteiger partial charge on any atom is -0.493 e. The predicted octanol–water partition coefficient (Wildman–Crippen LogP) is 3.63. The first-order valence-corrected chi connectivity index (χ1v) is 9.63. The standard InChI is InChI=1S/C21H22N4O7/c1-29-16-11-13(12-17(30-2)20(16)31-3)21-23-19(32-24-21)10-6-9-18(26)22-14-7-4-5-8-15(14)25(27)28/h4-5,7-8,11-12H,6,9-10H2,1-3H3,(H,22,26). The van der Waals surface area contributed by atoms with E-state index in [-0.39, 0.29) is 23.7 Å². The molecule has 0 bridgehead atoms. The Balaban J connectivity index is 1.62. The first-order chi connectivity index (χ1) is 15.5. The van der Waals surface area contributed by atoms with Crippen molar-refractivity contribution in [1.82, 2.24) is 10.1 Å². The molecule has 2 aromatic carbocycles. The Morgan fingerprint density at radius 2 is 1.81 bits per heavy atom. The van der Waals surface area contributed by atoms with Gasteiger partial charge in [-0.25, -0.2) is 0 Å². The Morgan fingerprint density at radius 3 is 2.44 bits per heavy atom. The summed E-state index contributed by atoms with van der Waals surface area (Å²) in [6.07, 6.45) is 0.916. The summed E-state index contributed by atoms with van der Waals surface area (Å²) in [7, 11) is 4.54. The second kappa shape index (κ2) is 10.2. The molecule has 11 nitrogen and oxygen atoms in total. The van der Waals surface area contributed by atoms with E-state index in [4.69, 9.17) is 18.7 Å². The van der Waals surface area contributed by atoms with Crippen LogP contribution in [-0.4, -0.2) is 42.3 Å². The number of nitrogens with zero attached hydrogens (tertiary/aromatic N) is 3. The van der Waals surface area contributed by atoms with Crippen molar-refractivity contribution in [2.75, 3.05) is 26.6 Å². The Hall–Kier alpha value is -4.15. The van der Waals surface area contributed by atoms with E-state index in [1.807, 2.05) is 0 Å². The van der Waals surface area contributed by atoms with Gasteiger partial charge in [-0.3, -0.25) is 14.9 Å². The highest BCUT2D eigenvalue weighted by Crippen LogP contribution is 2.40. The largest absolute Gasteiger partial charge is 0.493 e. The number of carbonyl (C=O) groups is 1. The highest BCUT2D eigenvalue weighted by Gasteiger charge is 2.18. The SMILES string of the molecule is COc1cc(-c2noc(CCCC(=O)Nc3ccccc3[N+](=O)[O-])n2)cc(OC)c1OC. The van der Waals surface area contributed by atoms with Crippen molar-refractivity contribution < 1.29 is 28.5 Å². The first-order valence-electron chi connectivity index (χ1n) is 9.63. The lowest BCUT2D eigenvalue weighted by Crippen LogP contribution is -2.12. The third kappa shape index (κ3) is 5.12. The van der Waals surface area contributed by atoms with Crippen LogP contribution in [0.1, 0.15) is 18.7 Å². The molecule has 0 radical (unpaired) electrons. The molecule has 168 valence electrons. The maximum absolute atomic E-state index is 12.2. The fraction of sp³-hybridized carbons (Fsp3) is 0.286. The molecule has 1 heterocycles. The van der Waals surface area contributed by atoms with Gasteiger partial charge in [-0.1, -0.05) is 17.3 Å². The summed E-state index contributed by atoms with van der Waals surface area (Å²) in [4.78, 5) is 27.0. The van der Waals surface area contributed by atoms with E-state index in [9.17, 15) is 14.9 Å². The van der Waals surface area contributed by atoms with Gasteiger partial charge in [-0.2, -0.15) is 4.98 Å². The number of hydrogen-bond donors (Lipinski definition) is 1. The molecule has 32 heavy (non-hydrogen) atoms. The molecule has 1 aromatic heterocycles. The van der Waals surface area contributed by atoms with Gasteiger partial charge in [0.25, 0.3) is 5.69 Å². The maximum atomic E-state index is 12.2. The molecule has 0 atom stereocenters. The maximum Gasteiger partial charge on any atom is 0.292 e. The van der Waals surface area contributed by atoms with Crippen molar-refractivity contribution in [1.29, 1.82) is 0 Å². The number of nitrogens with one attached hydrogen (secondary N) is 1. The van der Waals surface area contributed by atoms with E-state index in [0.29, 0.717) is 47.4 Å². The zero-order valence-electron chi connectivity index (χ0n) is 17.8. The molecule has 0 aliphatic heterocycles. The summed E-state index contributed by atoms with van der Waals surface area (Å²) in [6.45, 7) is 0. The summed E-state index contributed by atoms with van der Waals surface area (Å²) < 4.78 is 21.2. The fourth-order valence-electron chi connectivity index (χ4n) is 3.04. The number of benzene rings is 2. The van der Waals surface area contributed by atoms with Crippen molar-refractivity contribution in [3.8, 4) is 28.6 Å². The van der Waals surface area contributed by atoms with Crippen molar-refractivity contribution in [2.24, 2.45) is 0 Å². The van der Waals surface area contributed by atoms with Crippen LogP contribution in [0, 0.1) is 10.1 Å². The number of anilines is 1. The van der Waals surface area contributed by atoms with Gasteiger partial charge >= 0.3 is 0 Å². The highest BCUT2D eigenvalue weighted by molar-refractivity contribution is 5.93. The number of aryl methyl sites for hydroxylation is 1. The van der Waals surface area contributed by atoms with Crippen molar-refractivity contribution in [3.63, 3.8) is 0 Å². The Bertz CT molecular complexity index is 1090. The number of nitro groups is 1. The lowest BCUT2D eigenvalue weighted by Gasteiger charge is -2.12. The number of nitro benzene ring substituents is 1. The van der Waals surface area contributed by atoms with Crippen molar-refractivity contribution in [2.45, 2.75) is 19.3 Å². The predicted molar refractivity (Wildman–Crippen MR) is 114 cm³/mol. The van der Waals surface area contributed by atoms with Crippen LogP contribution in [0.2, 0.25) is 0 Å². The van der Waals surface area contributed by atoms with E-state index in [0.717, 1.165) is 0 Å². The summed E-state index contributed by atoms with van der Waals surface area (Å²) >= 11 is 0. The molecular formula is C21H22N4O7. The van der Waals surface area contributed by atoms with Crippen LogP contribution in [0.25, 0.3) is 11.4 Å². The van der Waals surface area contributed by atoms with Gasteiger partial charge in [0.2, 0.25) is 23.4 Å². The van der Waals surface area contributed by atoms with Crippen LogP contribution in [0.4, 0.5) is 11.4 Å². The summed E-state index contributed by atoms with van der Waals surface area (Å²) in [5, 5.41) is 17.6. The normalized spacial score (nSPS) is 10.5. The lowest BCUT2D eigenvalue weighted by molar-refractivity contribution is -0.383. The first kappa shape index (κ1) is 22.5. The summed E-state index contributed by atoms with van der Waals surface area (Å²) in [5.74, 6) is 1.71. The quantitative estimate of drug-likeness (QED) is 0.368.